The molecule has 6 nitrogen and oxygen atoms in total. The molecule has 0 atom stereocenters. The van der Waals surface area contributed by atoms with E-state index in [0.717, 1.165) is 39.5 Å². The first-order chi connectivity index (χ1) is 19.5. The minimum atomic E-state index is -0.165. The van der Waals surface area contributed by atoms with Crippen molar-refractivity contribution in [2.75, 3.05) is 5.01 Å². The van der Waals surface area contributed by atoms with Gasteiger partial charge < -0.3 is 4.74 Å². The van der Waals surface area contributed by atoms with E-state index in [1.165, 1.54) is 10.6 Å². The van der Waals surface area contributed by atoms with Crippen molar-refractivity contribution >= 4 is 23.4 Å². The van der Waals surface area contributed by atoms with Crippen LogP contribution in [-0.4, -0.2) is 21.4 Å². The van der Waals surface area contributed by atoms with E-state index in [2.05, 4.69) is 36.3 Å². The number of carbonyl (C=O) groups excluding carboxylic acids is 1. The number of carbonyl (C=O) groups is 1. The third-order valence-electron chi connectivity index (χ3n) is 6.78. The number of hydrogen-bond acceptors (Lipinski definition) is 4. The van der Waals surface area contributed by atoms with Crippen molar-refractivity contribution < 1.29 is 9.53 Å². The molecule has 1 aliphatic heterocycles. The molecule has 0 fully saturated rings. The number of amides is 1. The van der Waals surface area contributed by atoms with Gasteiger partial charge in [-0.1, -0.05) is 66.2 Å². The van der Waals surface area contributed by atoms with Crippen LogP contribution in [0.2, 0.25) is 0 Å². The summed E-state index contributed by atoms with van der Waals surface area (Å²) in [6.07, 6.45) is 3.83. The molecule has 0 N–H and O–H groups in total. The predicted molar refractivity (Wildman–Crippen MR) is 160 cm³/mol. The maximum atomic E-state index is 13.4. The Hall–Kier alpha value is -5.23. The highest BCUT2D eigenvalue weighted by molar-refractivity contribution is 6.32. The largest absolute Gasteiger partial charge is 0.489 e. The third kappa shape index (κ3) is 5.20. The van der Waals surface area contributed by atoms with Gasteiger partial charge in [-0.3, -0.25) is 4.79 Å². The fourth-order valence-electron chi connectivity index (χ4n) is 4.57. The second kappa shape index (κ2) is 10.9. The molecular weight excluding hydrogens is 496 g/mol. The highest BCUT2D eigenvalue weighted by Crippen LogP contribution is 2.30. The van der Waals surface area contributed by atoms with Gasteiger partial charge in [-0.25, -0.2) is 4.68 Å². The Balaban J connectivity index is 1.32. The smallest absolute Gasteiger partial charge is 0.280 e. The van der Waals surface area contributed by atoms with E-state index in [1.54, 1.807) is 0 Å². The highest BCUT2D eigenvalue weighted by atomic mass is 16.5. The Morgan fingerprint density at radius 1 is 0.775 bits per heavy atom. The van der Waals surface area contributed by atoms with Gasteiger partial charge in [-0.2, -0.15) is 15.2 Å². The average molecular weight is 525 g/mol. The number of aromatic nitrogens is 2. The van der Waals surface area contributed by atoms with E-state index >= 15 is 0 Å². The lowest BCUT2D eigenvalue weighted by atomic mass is 10.0. The van der Waals surface area contributed by atoms with Crippen LogP contribution in [0, 0.1) is 6.92 Å². The normalized spacial score (nSPS) is 14.1. The number of aryl methyl sites for hydroxylation is 1. The Morgan fingerprint density at radius 2 is 1.43 bits per heavy atom. The number of rotatable bonds is 7. The summed E-state index contributed by atoms with van der Waals surface area (Å²) in [6.45, 7) is 4.43. The summed E-state index contributed by atoms with van der Waals surface area (Å²) in [4.78, 5) is 13.4. The van der Waals surface area contributed by atoms with Gasteiger partial charge in [0.15, 0.2) is 0 Å². The molecule has 0 bridgehead atoms. The molecule has 0 spiro atoms. The Labute approximate surface area is 233 Å². The second-order valence-electron chi connectivity index (χ2n) is 9.71. The van der Waals surface area contributed by atoms with Gasteiger partial charge in [0, 0.05) is 17.3 Å². The number of benzene rings is 4. The maximum absolute atomic E-state index is 13.4. The summed E-state index contributed by atoms with van der Waals surface area (Å²) in [7, 11) is 0. The first kappa shape index (κ1) is 25.1. The minimum absolute atomic E-state index is 0.165. The molecule has 40 heavy (non-hydrogen) atoms. The standard InChI is InChI=1S/C34H28N4O2/c1-24-13-15-26(16-14-24)23-40-31-19-17-27(18-20-31)33-28(22-37(36-33)29-9-5-3-6-10-29)21-32-25(2)35-38(34(32)39)30-11-7-4-8-12-30/h3-22H,23H2,1-2H3/b32-21-. The Bertz CT molecular complexity index is 1700. The van der Waals surface area contributed by atoms with E-state index < -0.39 is 0 Å². The van der Waals surface area contributed by atoms with Crippen LogP contribution in [0.1, 0.15) is 23.6 Å². The highest BCUT2D eigenvalue weighted by Gasteiger charge is 2.29. The van der Waals surface area contributed by atoms with E-state index in [1.807, 2.05) is 109 Å². The molecule has 0 radical (unpaired) electrons. The summed E-state index contributed by atoms with van der Waals surface area (Å²) in [5, 5.41) is 10.9. The SMILES string of the molecule is CC1=NN(c2ccccc2)C(=O)/C1=C\c1cn(-c2ccccc2)nc1-c1ccc(OCc2ccc(C)cc2)cc1. The van der Waals surface area contributed by atoms with Gasteiger partial charge in [0.05, 0.1) is 28.4 Å². The molecule has 0 unspecified atom stereocenters. The van der Waals surface area contributed by atoms with Crippen molar-refractivity contribution in [1.29, 1.82) is 0 Å². The average Bonchev–Trinajstić information content (AvgIpc) is 3.55. The molecule has 0 aliphatic carbocycles. The zero-order valence-corrected chi connectivity index (χ0v) is 22.4. The summed E-state index contributed by atoms with van der Waals surface area (Å²) in [5.74, 6) is 0.612. The number of hydrazone groups is 1. The van der Waals surface area contributed by atoms with Crippen LogP contribution in [0.4, 0.5) is 5.69 Å². The van der Waals surface area contributed by atoms with Gasteiger partial charge >= 0.3 is 0 Å². The molecule has 5 aromatic rings. The maximum Gasteiger partial charge on any atom is 0.280 e. The van der Waals surface area contributed by atoms with Crippen LogP contribution < -0.4 is 9.75 Å². The zero-order valence-electron chi connectivity index (χ0n) is 22.4. The number of ether oxygens (including phenoxy) is 1. The van der Waals surface area contributed by atoms with E-state index in [9.17, 15) is 4.79 Å². The molecule has 6 heteroatoms. The third-order valence-corrected chi connectivity index (χ3v) is 6.78. The Morgan fingerprint density at radius 3 is 2.10 bits per heavy atom. The van der Waals surface area contributed by atoms with Gasteiger partial charge in [0.25, 0.3) is 5.91 Å². The predicted octanol–water partition coefficient (Wildman–Crippen LogP) is 7.23. The van der Waals surface area contributed by atoms with Crippen molar-refractivity contribution in [2.24, 2.45) is 5.10 Å². The number of para-hydroxylation sites is 2. The van der Waals surface area contributed by atoms with E-state index in [-0.39, 0.29) is 5.91 Å². The van der Waals surface area contributed by atoms with Gasteiger partial charge in [-0.05, 0) is 74.0 Å². The minimum Gasteiger partial charge on any atom is -0.489 e. The molecule has 0 saturated heterocycles. The van der Waals surface area contributed by atoms with Crippen molar-refractivity contribution in [2.45, 2.75) is 20.5 Å². The Kier molecular flexibility index (Phi) is 6.81. The second-order valence-corrected chi connectivity index (χ2v) is 9.71. The first-order valence-electron chi connectivity index (χ1n) is 13.2. The monoisotopic (exact) mass is 524 g/mol. The lowest BCUT2D eigenvalue weighted by molar-refractivity contribution is -0.114. The molecule has 196 valence electrons. The van der Waals surface area contributed by atoms with Crippen LogP contribution in [-0.2, 0) is 11.4 Å². The van der Waals surface area contributed by atoms with Crippen LogP contribution >= 0.6 is 0 Å². The number of hydrogen-bond donors (Lipinski definition) is 0. The molecular formula is C34H28N4O2. The number of anilines is 1. The molecule has 2 heterocycles. The summed E-state index contributed by atoms with van der Waals surface area (Å²) < 4.78 is 7.85. The van der Waals surface area contributed by atoms with Gasteiger partial charge in [0.1, 0.15) is 12.4 Å². The van der Waals surface area contributed by atoms with Gasteiger partial charge in [0.2, 0.25) is 0 Å². The van der Waals surface area contributed by atoms with Crippen molar-refractivity contribution in [3.63, 3.8) is 0 Å². The van der Waals surface area contributed by atoms with Gasteiger partial charge in [-0.15, -0.1) is 0 Å². The molecule has 1 amide bonds. The molecule has 1 aliphatic rings. The molecule has 6 rings (SSSR count). The summed E-state index contributed by atoms with van der Waals surface area (Å²) in [5.41, 5.74) is 7.71. The van der Waals surface area contributed by atoms with E-state index in [0.29, 0.717) is 17.9 Å². The van der Waals surface area contributed by atoms with Crippen LogP contribution in [0.3, 0.4) is 0 Å². The fraction of sp³-hybridized carbons (Fsp3) is 0.0882. The van der Waals surface area contributed by atoms with Crippen LogP contribution in [0.25, 0.3) is 23.0 Å². The number of nitrogens with zero attached hydrogens (tertiary/aromatic N) is 4. The molecule has 0 saturated carbocycles. The quantitative estimate of drug-likeness (QED) is 0.211. The topological polar surface area (TPSA) is 59.7 Å². The lowest BCUT2D eigenvalue weighted by Crippen LogP contribution is -2.21. The van der Waals surface area contributed by atoms with E-state index in [4.69, 9.17) is 9.84 Å². The van der Waals surface area contributed by atoms with Crippen LogP contribution in [0.15, 0.2) is 126 Å². The van der Waals surface area contributed by atoms with Crippen molar-refractivity contribution in [1.82, 2.24) is 9.78 Å². The molecule has 4 aromatic carbocycles. The summed E-state index contributed by atoms with van der Waals surface area (Å²) >= 11 is 0. The summed E-state index contributed by atoms with van der Waals surface area (Å²) in [6, 6.07) is 35.6. The van der Waals surface area contributed by atoms with Crippen LogP contribution in [0.5, 0.6) is 5.75 Å². The van der Waals surface area contributed by atoms with Crippen molar-refractivity contribution in [3.05, 3.63) is 138 Å². The zero-order chi connectivity index (χ0) is 27.5. The lowest BCUT2D eigenvalue weighted by Gasteiger charge is -2.11. The van der Waals surface area contributed by atoms with Crippen molar-refractivity contribution in [3.8, 4) is 22.7 Å². The fourth-order valence-corrected chi connectivity index (χ4v) is 4.57. The molecule has 1 aromatic heterocycles. The first-order valence-corrected chi connectivity index (χ1v) is 13.2.